The van der Waals surface area contributed by atoms with Crippen LogP contribution in [0.5, 0.6) is 0 Å². The van der Waals surface area contributed by atoms with Crippen LogP contribution >= 0.6 is 11.3 Å². The molecule has 1 unspecified atom stereocenters. The number of amides is 4. The number of aromatic nitrogens is 1. The number of nitrogens with zero attached hydrogens (tertiary/aromatic N) is 5. The number of rotatable bonds is 11. The summed E-state index contributed by atoms with van der Waals surface area (Å²) in [6.45, 7) is 9.38. The Morgan fingerprint density at radius 2 is 1.59 bits per heavy atom. The molecular weight excluding hydrogens is 751 g/mol. The van der Waals surface area contributed by atoms with Gasteiger partial charge in [-0.15, -0.1) is 11.3 Å². The quantitative estimate of drug-likeness (QED) is 0.169. The Hall–Kier alpha value is -4.99. The first-order valence-corrected chi connectivity index (χ1v) is 21.6. The minimum atomic E-state index is -0.174. The standard InChI is InChI=1S/C44H51N9O4S/c54-41(40-27-58-28-49-40)47-13-12-46-35-23-52(24-35)43(56)31-8-9-32-22-48-39(20-34(32)19-31)29-4-3-5-30(18-29)42(55)51-16-14-50(15-17-51)36-25-53(26-36)44(57)38-7-2-1-6-37(38)33-10-11-45-21-33/h1-9,18-19,27-28,33,35-36,39,45-46,48H,10-17,20-26H2,(H,47,54)/t33-,39?/m1/s1. The Kier molecular flexibility index (Phi) is 11.3. The number of carbonyl (C=O) groups excluding carboxylic acids is 4. The van der Waals surface area contributed by atoms with Crippen LogP contribution < -0.4 is 21.3 Å². The molecule has 58 heavy (non-hydrogen) atoms. The van der Waals surface area contributed by atoms with Crippen molar-refractivity contribution in [2.45, 2.75) is 43.4 Å². The Morgan fingerprint density at radius 3 is 2.38 bits per heavy atom. The Morgan fingerprint density at radius 1 is 0.793 bits per heavy atom. The molecule has 4 fully saturated rings. The molecule has 302 valence electrons. The summed E-state index contributed by atoms with van der Waals surface area (Å²) in [5.41, 5.74) is 8.88. The van der Waals surface area contributed by atoms with E-state index in [9.17, 15) is 19.2 Å². The van der Waals surface area contributed by atoms with Crippen LogP contribution in [0.2, 0.25) is 0 Å². The number of fused-ring (bicyclic) bond motifs is 1. The largest absolute Gasteiger partial charge is 0.349 e. The highest BCUT2D eigenvalue weighted by Gasteiger charge is 2.38. The normalized spacial score (nSPS) is 21.3. The molecule has 5 aliphatic heterocycles. The second kappa shape index (κ2) is 17.1. The van der Waals surface area contributed by atoms with Gasteiger partial charge in [-0.05, 0) is 77.9 Å². The van der Waals surface area contributed by atoms with E-state index < -0.39 is 0 Å². The van der Waals surface area contributed by atoms with Crippen molar-refractivity contribution in [3.05, 3.63) is 122 Å². The summed E-state index contributed by atoms with van der Waals surface area (Å²) in [6.07, 6.45) is 1.80. The van der Waals surface area contributed by atoms with Gasteiger partial charge < -0.3 is 36.0 Å². The second-order valence-electron chi connectivity index (χ2n) is 16.2. The molecule has 9 rings (SSSR count). The van der Waals surface area contributed by atoms with Gasteiger partial charge in [-0.2, -0.15) is 0 Å². The number of hydrogen-bond donors (Lipinski definition) is 4. The predicted molar refractivity (Wildman–Crippen MR) is 222 cm³/mol. The smallest absolute Gasteiger partial charge is 0.270 e. The van der Waals surface area contributed by atoms with Crippen LogP contribution in [0.15, 0.2) is 77.6 Å². The number of carbonyl (C=O) groups is 4. The Bertz CT molecular complexity index is 2140. The first-order valence-electron chi connectivity index (χ1n) is 20.6. The topological polar surface area (TPSA) is 142 Å². The molecular formula is C44H51N9O4S. The highest BCUT2D eigenvalue weighted by atomic mass is 32.1. The van der Waals surface area contributed by atoms with Crippen molar-refractivity contribution >= 4 is 35.0 Å². The van der Waals surface area contributed by atoms with Crippen molar-refractivity contribution in [3.63, 3.8) is 0 Å². The summed E-state index contributed by atoms with van der Waals surface area (Å²) in [5.74, 6) is 0.440. The third-order valence-corrected chi connectivity index (χ3v) is 13.2. The average Bonchev–Trinajstić information content (AvgIpc) is 3.98. The highest BCUT2D eigenvalue weighted by molar-refractivity contribution is 7.07. The van der Waals surface area contributed by atoms with Gasteiger partial charge >= 0.3 is 0 Å². The van der Waals surface area contributed by atoms with E-state index in [0.717, 1.165) is 74.4 Å². The zero-order valence-corrected chi connectivity index (χ0v) is 33.5. The zero-order chi connectivity index (χ0) is 39.6. The lowest BCUT2D eigenvalue weighted by Crippen LogP contribution is -2.64. The maximum Gasteiger partial charge on any atom is 0.270 e. The van der Waals surface area contributed by atoms with Crippen LogP contribution in [0.25, 0.3) is 0 Å². The fourth-order valence-corrected chi connectivity index (χ4v) is 9.59. The van der Waals surface area contributed by atoms with E-state index in [0.29, 0.717) is 74.6 Å². The predicted octanol–water partition coefficient (Wildman–Crippen LogP) is 2.73. The highest BCUT2D eigenvalue weighted by Crippen LogP contribution is 2.30. The van der Waals surface area contributed by atoms with Gasteiger partial charge in [0.25, 0.3) is 23.6 Å². The monoisotopic (exact) mass is 801 g/mol. The fourth-order valence-electron chi connectivity index (χ4n) is 9.06. The first kappa shape index (κ1) is 38.5. The Balaban J connectivity index is 0.733. The van der Waals surface area contributed by atoms with Crippen molar-refractivity contribution in [1.82, 2.24) is 45.9 Å². The van der Waals surface area contributed by atoms with Gasteiger partial charge in [-0.3, -0.25) is 24.1 Å². The van der Waals surface area contributed by atoms with Crippen molar-refractivity contribution in [1.29, 1.82) is 0 Å². The van der Waals surface area contributed by atoms with E-state index in [1.807, 2.05) is 63.2 Å². The van der Waals surface area contributed by atoms with E-state index in [4.69, 9.17) is 0 Å². The van der Waals surface area contributed by atoms with Gasteiger partial charge in [0.15, 0.2) is 0 Å². The molecule has 13 nitrogen and oxygen atoms in total. The summed E-state index contributed by atoms with van der Waals surface area (Å²) >= 11 is 1.39. The molecule has 3 aromatic carbocycles. The maximum atomic E-state index is 13.8. The van der Waals surface area contributed by atoms with Crippen LogP contribution in [0.3, 0.4) is 0 Å². The minimum Gasteiger partial charge on any atom is -0.349 e. The molecule has 4 amide bonds. The van der Waals surface area contributed by atoms with Crippen LogP contribution in [-0.4, -0.2) is 139 Å². The molecule has 6 heterocycles. The van der Waals surface area contributed by atoms with Gasteiger partial charge in [-0.1, -0.05) is 36.4 Å². The minimum absolute atomic E-state index is 0.0295. The molecule has 4 aromatic rings. The van der Waals surface area contributed by atoms with Crippen LogP contribution in [0.4, 0.5) is 0 Å². The molecule has 0 radical (unpaired) electrons. The zero-order valence-electron chi connectivity index (χ0n) is 32.7. The van der Waals surface area contributed by atoms with Crippen molar-refractivity contribution in [3.8, 4) is 0 Å². The first-order chi connectivity index (χ1) is 28.4. The number of hydrogen-bond acceptors (Lipinski definition) is 10. The van der Waals surface area contributed by atoms with Crippen LogP contribution in [0.1, 0.15) is 82.2 Å². The lowest BCUT2D eigenvalue weighted by molar-refractivity contribution is 0.00845. The molecule has 0 bridgehead atoms. The van der Waals surface area contributed by atoms with E-state index in [2.05, 4.69) is 49.4 Å². The third-order valence-electron chi connectivity index (χ3n) is 12.6. The van der Waals surface area contributed by atoms with Gasteiger partial charge in [0.2, 0.25) is 0 Å². The lowest BCUT2D eigenvalue weighted by atomic mass is 9.89. The lowest BCUT2D eigenvalue weighted by Gasteiger charge is -2.48. The molecule has 4 N–H and O–H groups in total. The summed E-state index contributed by atoms with van der Waals surface area (Å²) in [5, 5.41) is 15.1. The SMILES string of the molecule is O=C(NCCNC1CN(C(=O)c2ccc3c(c2)CC(c2cccc(C(=O)N4CCN(C5CN(C(=O)c6ccccc6[C@@H]6CCNC6)C5)CC4)c2)NC3)C1)c1cscn1. The fraction of sp³-hybridized carbons (Fsp3) is 0.432. The summed E-state index contributed by atoms with van der Waals surface area (Å²) < 4.78 is 0. The molecule has 2 atom stereocenters. The average molecular weight is 802 g/mol. The number of nitrogens with one attached hydrogen (secondary N) is 4. The van der Waals surface area contributed by atoms with Gasteiger partial charge in [0, 0.05) is 119 Å². The summed E-state index contributed by atoms with van der Waals surface area (Å²) in [6, 6.07) is 22.7. The number of benzene rings is 3. The molecule has 1 aromatic heterocycles. The van der Waals surface area contributed by atoms with Crippen molar-refractivity contribution in [2.24, 2.45) is 0 Å². The second-order valence-corrected chi connectivity index (χ2v) is 16.9. The van der Waals surface area contributed by atoms with Crippen LogP contribution in [-0.2, 0) is 13.0 Å². The van der Waals surface area contributed by atoms with Gasteiger partial charge in [0.05, 0.1) is 5.51 Å². The molecule has 4 saturated heterocycles. The third kappa shape index (κ3) is 8.16. The van der Waals surface area contributed by atoms with Crippen molar-refractivity contribution in [2.75, 3.05) is 78.5 Å². The maximum absolute atomic E-state index is 13.8. The number of likely N-dealkylation sites (tertiary alicyclic amines) is 2. The van der Waals surface area contributed by atoms with E-state index in [-0.39, 0.29) is 35.7 Å². The summed E-state index contributed by atoms with van der Waals surface area (Å²) in [7, 11) is 0. The molecule has 0 spiro atoms. The van der Waals surface area contributed by atoms with Gasteiger partial charge in [-0.25, -0.2) is 4.98 Å². The number of thiazole rings is 1. The van der Waals surface area contributed by atoms with Crippen LogP contribution in [0, 0.1) is 0 Å². The van der Waals surface area contributed by atoms with E-state index >= 15 is 0 Å². The van der Waals surface area contributed by atoms with E-state index in [1.54, 1.807) is 10.9 Å². The summed E-state index contributed by atoms with van der Waals surface area (Å²) in [4.78, 5) is 65.0. The van der Waals surface area contributed by atoms with Crippen molar-refractivity contribution < 1.29 is 19.2 Å². The Labute approximate surface area is 343 Å². The molecule has 0 saturated carbocycles. The number of piperazine rings is 1. The molecule has 5 aliphatic rings. The molecule has 0 aliphatic carbocycles. The van der Waals surface area contributed by atoms with E-state index in [1.165, 1.54) is 16.9 Å². The molecule has 14 heteroatoms. The van der Waals surface area contributed by atoms with Gasteiger partial charge in [0.1, 0.15) is 5.69 Å².